The van der Waals surface area contributed by atoms with Crippen molar-refractivity contribution in [2.24, 2.45) is 0 Å². The van der Waals surface area contributed by atoms with Gasteiger partial charge in [0, 0.05) is 12.1 Å². The first-order chi connectivity index (χ1) is 8.59. The molecule has 4 nitrogen and oxygen atoms in total. The summed E-state index contributed by atoms with van der Waals surface area (Å²) >= 11 is 0. The van der Waals surface area contributed by atoms with Crippen LogP contribution in [-0.2, 0) is 0 Å². The van der Waals surface area contributed by atoms with Crippen LogP contribution in [0, 0.1) is 0 Å². The summed E-state index contributed by atoms with van der Waals surface area (Å²) in [5.41, 5.74) is 0.540. The Hall–Kier alpha value is -1.55. The standard InChI is InChI=1S/C14H19NO3/c1-14(6-3-7-14)15-8-9-18-12-5-2-4-11(10-12)13(16)17/h2,4-5,10,15H,3,6-9H2,1H3,(H,16,17). The molecule has 0 spiro atoms. The van der Waals surface area contributed by atoms with E-state index in [9.17, 15) is 4.79 Å². The Balaban J connectivity index is 1.76. The molecular formula is C14H19NO3. The van der Waals surface area contributed by atoms with E-state index in [1.807, 2.05) is 0 Å². The van der Waals surface area contributed by atoms with Crippen molar-refractivity contribution in [2.45, 2.75) is 31.7 Å². The average molecular weight is 249 g/mol. The molecule has 2 rings (SSSR count). The fourth-order valence-electron chi connectivity index (χ4n) is 2.12. The predicted molar refractivity (Wildman–Crippen MR) is 69.2 cm³/mol. The highest BCUT2D eigenvalue weighted by molar-refractivity contribution is 5.87. The number of nitrogens with one attached hydrogen (secondary N) is 1. The normalized spacial score (nSPS) is 16.9. The van der Waals surface area contributed by atoms with Gasteiger partial charge in [0.15, 0.2) is 0 Å². The minimum Gasteiger partial charge on any atom is -0.492 e. The smallest absolute Gasteiger partial charge is 0.335 e. The molecule has 2 N–H and O–H groups in total. The molecular weight excluding hydrogens is 230 g/mol. The van der Waals surface area contributed by atoms with E-state index in [4.69, 9.17) is 9.84 Å². The molecule has 0 saturated heterocycles. The number of hydrogen-bond donors (Lipinski definition) is 2. The second-order valence-corrected chi connectivity index (χ2v) is 5.02. The molecule has 0 atom stereocenters. The maximum Gasteiger partial charge on any atom is 0.335 e. The zero-order chi connectivity index (χ0) is 13.0. The van der Waals surface area contributed by atoms with Crippen molar-refractivity contribution in [1.82, 2.24) is 5.32 Å². The van der Waals surface area contributed by atoms with E-state index in [1.54, 1.807) is 24.3 Å². The molecule has 1 fully saturated rings. The third-order valence-corrected chi connectivity index (χ3v) is 3.46. The van der Waals surface area contributed by atoms with Crippen molar-refractivity contribution in [3.8, 4) is 5.75 Å². The van der Waals surface area contributed by atoms with Gasteiger partial charge in [0.05, 0.1) is 5.56 Å². The highest BCUT2D eigenvalue weighted by Crippen LogP contribution is 2.30. The first-order valence-corrected chi connectivity index (χ1v) is 6.30. The summed E-state index contributed by atoms with van der Waals surface area (Å²) in [6.07, 6.45) is 3.74. The van der Waals surface area contributed by atoms with E-state index < -0.39 is 5.97 Å². The van der Waals surface area contributed by atoms with E-state index in [0.717, 1.165) is 6.54 Å². The second-order valence-electron chi connectivity index (χ2n) is 5.02. The van der Waals surface area contributed by atoms with Crippen molar-refractivity contribution < 1.29 is 14.6 Å². The quantitative estimate of drug-likeness (QED) is 0.759. The van der Waals surface area contributed by atoms with Crippen molar-refractivity contribution in [1.29, 1.82) is 0 Å². The molecule has 0 amide bonds. The molecule has 0 bridgehead atoms. The molecule has 0 aliphatic heterocycles. The molecule has 18 heavy (non-hydrogen) atoms. The predicted octanol–water partition coefficient (Wildman–Crippen LogP) is 2.30. The molecule has 4 heteroatoms. The van der Waals surface area contributed by atoms with Crippen molar-refractivity contribution in [3.63, 3.8) is 0 Å². The Bertz CT molecular complexity index is 427. The van der Waals surface area contributed by atoms with E-state index in [1.165, 1.54) is 19.3 Å². The maximum absolute atomic E-state index is 10.8. The molecule has 1 aliphatic rings. The van der Waals surface area contributed by atoms with Crippen molar-refractivity contribution in [2.75, 3.05) is 13.2 Å². The molecule has 1 aromatic rings. The van der Waals surface area contributed by atoms with Crippen LogP contribution in [0.15, 0.2) is 24.3 Å². The Kier molecular flexibility index (Phi) is 3.87. The van der Waals surface area contributed by atoms with Gasteiger partial charge in [0.1, 0.15) is 12.4 Å². The fourth-order valence-corrected chi connectivity index (χ4v) is 2.12. The van der Waals surface area contributed by atoms with Gasteiger partial charge in [-0.05, 0) is 44.4 Å². The third-order valence-electron chi connectivity index (χ3n) is 3.46. The fraction of sp³-hybridized carbons (Fsp3) is 0.500. The van der Waals surface area contributed by atoms with Crippen LogP contribution in [0.5, 0.6) is 5.75 Å². The summed E-state index contributed by atoms with van der Waals surface area (Å²) in [6, 6.07) is 6.58. The lowest BCUT2D eigenvalue weighted by Gasteiger charge is -2.39. The van der Waals surface area contributed by atoms with Crippen LogP contribution in [0.1, 0.15) is 36.5 Å². The van der Waals surface area contributed by atoms with E-state index >= 15 is 0 Å². The SMILES string of the molecule is CC1(NCCOc2cccc(C(=O)O)c2)CCC1. The third kappa shape index (κ3) is 3.23. The first kappa shape index (κ1) is 12.9. The highest BCUT2D eigenvalue weighted by Gasteiger charge is 2.30. The van der Waals surface area contributed by atoms with Gasteiger partial charge in [-0.1, -0.05) is 6.07 Å². The number of aromatic carboxylic acids is 1. The van der Waals surface area contributed by atoms with Gasteiger partial charge >= 0.3 is 5.97 Å². The number of rotatable bonds is 6. The van der Waals surface area contributed by atoms with E-state index in [0.29, 0.717) is 12.4 Å². The molecule has 0 unspecified atom stereocenters. The summed E-state index contributed by atoms with van der Waals surface area (Å²) in [6.45, 7) is 3.56. The van der Waals surface area contributed by atoms with Crippen LogP contribution in [0.2, 0.25) is 0 Å². The van der Waals surface area contributed by atoms with Gasteiger partial charge in [-0.3, -0.25) is 0 Å². The van der Waals surface area contributed by atoms with Gasteiger partial charge in [0.25, 0.3) is 0 Å². The number of carboxylic acid groups (broad SMARTS) is 1. The van der Waals surface area contributed by atoms with Gasteiger partial charge in [0.2, 0.25) is 0 Å². The van der Waals surface area contributed by atoms with Crippen molar-refractivity contribution >= 4 is 5.97 Å². The zero-order valence-corrected chi connectivity index (χ0v) is 10.6. The van der Waals surface area contributed by atoms with E-state index in [2.05, 4.69) is 12.2 Å². The van der Waals surface area contributed by atoms with Crippen molar-refractivity contribution in [3.05, 3.63) is 29.8 Å². The summed E-state index contributed by atoms with van der Waals surface area (Å²) in [7, 11) is 0. The molecule has 1 aromatic carbocycles. The summed E-state index contributed by atoms with van der Waals surface area (Å²) < 4.78 is 5.53. The lowest BCUT2D eigenvalue weighted by molar-refractivity contribution is 0.0696. The van der Waals surface area contributed by atoms with Crippen LogP contribution in [0.4, 0.5) is 0 Å². The monoisotopic (exact) mass is 249 g/mol. The Morgan fingerprint density at radius 3 is 2.89 bits per heavy atom. The zero-order valence-electron chi connectivity index (χ0n) is 10.6. The summed E-state index contributed by atoms with van der Waals surface area (Å²) in [4.78, 5) is 10.8. The second kappa shape index (κ2) is 5.40. The van der Waals surface area contributed by atoms with Crippen LogP contribution in [0.3, 0.4) is 0 Å². The number of carbonyl (C=O) groups is 1. The highest BCUT2D eigenvalue weighted by atomic mass is 16.5. The number of carboxylic acids is 1. The molecule has 1 saturated carbocycles. The van der Waals surface area contributed by atoms with Crippen LogP contribution in [-0.4, -0.2) is 29.8 Å². The summed E-state index contributed by atoms with van der Waals surface area (Å²) in [5, 5.41) is 12.3. The minimum atomic E-state index is -0.930. The number of benzene rings is 1. The number of hydrogen-bond acceptors (Lipinski definition) is 3. The number of ether oxygens (including phenoxy) is 1. The minimum absolute atomic E-state index is 0.256. The van der Waals surface area contributed by atoms with Gasteiger partial charge in [-0.15, -0.1) is 0 Å². The van der Waals surface area contributed by atoms with Gasteiger partial charge in [-0.25, -0.2) is 4.79 Å². The van der Waals surface area contributed by atoms with Crippen LogP contribution >= 0.6 is 0 Å². The largest absolute Gasteiger partial charge is 0.492 e. The Morgan fingerprint density at radius 1 is 1.50 bits per heavy atom. The average Bonchev–Trinajstić information content (AvgIpc) is 2.33. The topological polar surface area (TPSA) is 58.6 Å². The summed E-state index contributed by atoms with van der Waals surface area (Å²) in [5.74, 6) is -0.323. The Morgan fingerprint density at radius 2 is 2.28 bits per heavy atom. The molecule has 98 valence electrons. The van der Waals surface area contributed by atoms with E-state index in [-0.39, 0.29) is 11.1 Å². The molecule has 0 heterocycles. The maximum atomic E-state index is 10.8. The van der Waals surface area contributed by atoms with Crippen LogP contribution in [0.25, 0.3) is 0 Å². The molecule has 0 aromatic heterocycles. The van der Waals surface area contributed by atoms with Gasteiger partial charge < -0.3 is 15.2 Å². The lowest BCUT2D eigenvalue weighted by Crippen LogP contribution is -2.49. The Labute approximate surface area is 107 Å². The first-order valence-electron chi connectivity index (χ1n) is 6.30. The van der Waals surface area contributed by atoms with Crippen LogP contribution < -0.4 is 10.1 Å². The molecule has 0 radical (unpaired) electrons. The van der Waals surface area contributed by atoms with Gasteiger partial charge in [-0.2, -0.15) is 0 Å². The molecule has 1 aliphatic carbocycles. The lowest BCUT2D eigenvalue weighted by atomic mass is 9.78.